The minimum Gasteiger partial charge on any atom is -0.395 e. The van der Waals surface area contributed by atoms with Gasteiger partial charge in [0, 0.05) is 43.3 Å². The molecule has 0 saturated carbocycles. The lowest BCUT2D eigenvalue weighted by Crippen LogP contribution is -2.54. The molecule has 2 aromatic heterocycles. The van der Waals surface area contributed by atoms with Gasteiger partial charge in [-0.15, -0.1) is 0 Å². The van der Waals surface area contributed by atoms with Crippen molar-refractivity contribution in [3.63, 3.8) is 0 Å². The van der Waals surface area contributed by atoms with E-state index in [0.717, 1.165) is 55.3 Å². The maximum absolute atomic E-state index is 9.29. The first-order chi connectivity index (χ1) is 16.4. The van der Waals surface area contributed by atoms with Gasteiger partial charge in [-0.25, -0.2) is 4.98 Å². The molecule has 2 saturated heterocycles. The number of aliphatic hydroxyl groups excluding tert-OH is 1. The molecule has 3 aromatic rings. The minimum absolute atomic E-state index is 0.0818. The van der Waals surface area contributed by atoms with Gasteiger partial charge in [-0.1, -0.05) is 29.3 Å². The van der Waals surface area contributed by atoms with Gasteiger partial charge < -0.3 is 20.2 Å². The lowest BCUT2D eigenvalue weighted by Gasteiger charge is -2.46. The van der Waals surface area contributed by atoms with Crippen molar-refractivity contribution in [3.05, 3.63) is 40.0 Å². The first-order valence-corrected chi connectivity index (χ1v) is 12.7. The number of aliphatic hydroxyl groups is 1. The summed E-state index contributed by atoms with van der Waals surface area (Å²) < 4.78 is 1.77. The predicted molar refractivity (Wildman–Crippen MR) is 137 cm³/mol. The molecule has 0 amide bonds. The number of aromatic nitrogens is 4. The Bertz CT molecular complexity index is 1160. The summed E-state index contributed by atoms with van der Waals surface area (Å²) in [5.41, 5.74) is 2.51. The fourth-order valence-electron chi connectivity index (χ4n) is 5.18. The Morgan fingerprint density at radius 3 is 2.76 bits per heavy atom. The quantitative estimate of drug-likeness (QED) is 0.504. The Morgan fingerprint density at radius 1 is 1.18 bits per heavy atom. The molecular formula is C24H31Cl2N7O. The van der Waals surface area contributed by atoms with Crippen molar-refractivity contribution in [2.45, 2.75) is 25.8 Å². The average Bonchev–Trinajstić information content (AvgIpc) is 3.14. The molecule has 2 aliphatic rings. The molecule has 0 radical (unpaired) electrons. The third-order valence-corrected chi connectivity index (χ3v) is 7.63. The van der Waals surface area contributed by atoms with E-state index in [2.05, 4.69) is 20.2 Å². The van der Waals surface area contributed by atoms with E-state index in [0.29, 0.717) is 27.7 Å². The number of benzene rings is 1. The van der Waals surface area contributed by atoms with E-state index in [1.54, 1.807) is 10.7 Å². The number of hydrogen-bond acceptors (Lipinski definition) is 7. The van der Waals surface area contributed by atoms with Gasteiger partial charge in [-0.05, 0) is 55.8 Å². The zero-order valence-electron chi connectivity index (χ0n) is 19.6. The molecule has 8 nitrogen and oxygen atoms in total. The van der Waals surface area contributed by atoms with E-state index >= 15 is 0 Å². The predicted octanol–water partition coefficient (Wildman–Crippen LogP) is 3.98. The van der Waals surface area contributed by atoms with Gasteiger partial charge in [-0.2, -0.15) is 10.1 Å². The topological polar surface area (TPSA) is 82.3 Å². The second-order valence-corrected chi connectivity index (χ2v) is 10.4. The molecule has 34 heavy (non-hydrogen) atoms. The van der Waals surface area contributed by atoms with Crippen LogP contribution in [0.4, 0.5) is 11.8 Å². The van der Waals surface area contributed by atoms with Gasteiger partial charge in [0.1, 0.15) is 5.52 Å². The lowest BCUT2D eigenvalue weighted by molar-refractivity contribution is 0.101. The normalized spacial score (nSPS) is 20.5. The summed E-state index contributed by atoms with van der Waals surface area (Å²) in [6, 6.07) is 5.45. The second kappa shape index (κ2) is 9.85. The first kappa shape index (κ1) is 23.6. The number of nitrogens with one attached hydrogen (secondary N) is 1. The average molecular weight is 504 g/mol. The molecule has 2 fully saturated rings. The van der Waals surface area contributed by atoms with E-state index < -0.39 is 0 Å². The number of likely N-dealkylation sites (tertiary alicyclic amines) is 1. The van der Waals surface area contributed by atoms with Gasteiger partial charge in [0.25, 0.3) is 0 Å². The zero-order valence-corrected chi connectivity index (χ0v) is 21.1. The maximum atomic E-state index is 9.29. The van der Waals surface area contributed by atoms with Crippen LogP contribution in [0.2, 0.25) is 10.0 Å². The molecule has 2 atom stereocenters. The molecule has 0 bridgehead atoms. The highest BCUT2D eigenvalue weighted by atomic mass is 35.5. The van der Waals surface area contributed by atoms with Crippen LogP contribution in [0.25, 0.3) is 11.0 Å². The number of aryl methyl sites for hydroxylation is 1. The molecular weight excluding hydrogens is 473 g/mol. The smallest absolute Gasteiger partial charge is 0.228 e. The van der Waals surface area contributed by atoms with Gasteiger partial charge in [0.05, 0.1) is 18.8 Å². The summed E-state index contributed by atoms with van der Waals surface area (Å²) >= 11 is 12.5. The summed E-state index contributed by atoms with van der Waals surface area (Å²) in [5, 5.41) is 18.6. The fraction of sp³-hybridized carbons (Fsp3) is 0.542. The SMILES string of the molecule is C[C@@H](Nc1nc(N2CC([C@H]3CCCN(CCO)C3)C2)nc2cn(C)nc12)c1ccc(Cl)cc1Cl. The number of β-amino-alcohol motifs (C(OH)–C–C–N with tert-alkyl or cyclic N) is 1. The monoisotopic (exact) mass is 503 g/mol. The van der Waals surface area contributed by atoms with Crippen LogP contribution in [0.5, 0.6) is 0 Å². The van der Waals surface area contributed by atoms with Crippen molar-refractivity contribution in [1.82, 2.24) is 24.6 Å². The van der Waals surface area contributed by atoms with Gasteiger partial charge in [0.15, 0.2) is 11.3 Å². The highest BCUT2D eigenvalue weighted by molar-refractivity contribution is 6.35. The van der Waals surface area contributed by atoms with Crippen LogP contribution in [0.1, 0.15) is 31.4 Å². The molecule has 0 spiro atoms. The molecule has 4 heterocycles. The molecule has 5 rings (SSSR count). The minimum atomic E-state index is -0.0818. The Balaban J connectivity index is 1.33. The molecule has 10 heteroatoms. The van der Waals surface area contributed by atoms with Gasteiger partial charge in [0.2, 0.25) is 5.95 Å². The molecule has 0 unspecified atom stereocenters. The van der Waals surface area contributed by atoms with Crippen LogP contribution in [0, 0.1) is 11.8 Å². The second-order valence-electron chi connectivity index (χ2n) is 9.53. The number of rotatable bonds is 7. The summed E-state index contributed by atoms with van der Waals surface area (Å²) in [7, 11) is 1.89. The van der Waals surface area contributed by atoms with Crippen molar-refractivity contribution >= 4 is 46.0 Å². The van der Waals surface area contributed by atoms with Gasteiger partial charge >= 0.3 is 0 Å². The Labute approximate surface area is 209 Å². The number of nitrogens with zero attached hydrogens (tertiary/aromatic N) is 6. The van der Waals surface area contributed by atoms with E-state index in [-0.39, 0.29) is 12.6 Å². The highest BCUT2D eigenvalue weighted by Gasteiger charge is 2.37. The summed E-state index contributed by atoms with van der Waals surface area (Å²) in [4.78, 5) is 14.4. The van der Waals surface area contributed by atoms with Crippen LogP contribution >= 0.6 is 23.2 Å². The van der Waals surface area contributed by atoms with Gasteiger partial charge in [-0.3, -0.25) is 4.68 Å². The number of hydrogen-bond donors (Lipinski definition) is 2. The van der Waals surface area contributed by atoms with Crippen molar-refractivity contribution in [2.75, 3.05) is 49.5 Å². The summed E-state index contributed by atoms with van der Waals surface area (Å²) in [6.07, 6.45) is 4.39. The van der Waals surface area contributed by atoms with Crippen LogP contribution in [-0.4, -0.2) is 69.1 Å². The number of piperidine rings is 1. The number of halogens is 2. The molecule has 2 aliphatic heterocycles. The van der Waals surface area contributed by atoms with E-state index in [1.807, 2.05) is 32.3 Å². The fourth-order valence-corrected chi connectivity index (χ4v) is 5.76. The number of anilines is 2. The maximum Gasteiger partial charge on any atom is 0.228 e. The third kappa shape index (κ3) is 4.82. The van der Waals surface area contributed by atoms with E-state index in [9.17, 15) is 5.11 Å². The molecule has 0 aliphatic carbocycles. The van der Waals surface area contributed by atoms with Crippen molar-refractivity contribution < 1.29 is 5.11 Å². The zero-order chi connectivity index (χ0) is 23.8. The van der Waals surface area contributed by atoms with Crippen LogP contribution in [0.15, 0.2) is 24.4 Å². The third-order valence-electron chi connectivity index (χ3n) is 7.07. The standard InChI is InChI=1S/C24H31Cl2N7O/c1-15(19-6-5-18(25)10-20(19)26)27-23-22-21(14-31(2)30-22)28-24(29-23)33-12-17(13-33)16-4-3-7-32(11-16)8-9-34/h5-6,10,14-17,34H,3-4,7-9,11-13H2,1-2H3,(H,27,28,29)/t15-,16+/m1/s1. The Kier molecular flexibility index (Phi) is 6.84. The van der Waals surface area contributed by atoms with Crippen molar-refractivity contribution in [3.8, 4) is 0 Å². The van der Waals surface area contributed by atoms with Crippen molar-refractivity contribution in [1.29, 1.82) is 0 Å². The van der Waals surface area contributed by atoms with Crippen molar-refractivity contribution in [2.24, 2.45) is 18.9 Å². The molecule has 2 N–H and O–H groups in total. The first-order valence-electron chi connectivity index (χ1n) is 11.9. The van der Waals surface area contributed by atoms with E-state index in [1.165, 1.54) is 12.8 Å². The molecule has 1 aromatic carbocycles. The van der Waals surface area contributed by atoms with E-state index in [4.69, 9.17) is 33.2 Å². The highest BCUT2D eigenvalue weighted by Crippen LogP contribution is 2.35. The Hall–Kier alpha value is -2.13. The summed E-state index contributed by atoms with van der Waals surface area (Å²) in [6.45, 7) is 7.15. The van der Waals surface area contributed by atoms with Crippen LogP contribution in [-0.2, 0) is 7.05 Å². The Morgan fingerprint density at radius 2 is 2.00 bits per heavy atom. The largest absolute Gasteiger partial charge is 0.395 e. The lowest BCUT2D eigenvalue weighted by atomic mass is 9.81. The van der Waals surface area contributed by atoms with Crippen LogP contribution in [0.3, 0.4) is 0 Å². The number of fused-ring (bicyclic) bond motifs is 1. The van der Waals surface area contributed by atoms with Crippen LogP contribution < -0.4 is 10.2 Å². The molecule has 182 valence electrons. The summed E-state index contributed by atoms with van der Waals surface area (Å²) in [5.74, 6) is 2.74.